The van der Waals surface area contributed by atoms with Gasteiger partial charge < -0.3 is 4.40 Å². The van der Waals surface area contributed by atoms with Crippen LogP contribution in [-0.4, -0.2) is 18.9 Å². The number of para-hydroxylation sites is 2. The molecule has 10 aromatic carbocycles. The van der Waals surface area contributed by atoms with Gasteiger partial charge in [-0.25, -0.2) is 9.97 Å². The maximum absolute atomic E-state index is 5.87. The third-order valence-corrected chi connectivity index (χ3v) is 16.3. The fraction of sp³-hybridized carbons (Fsp3) is 0. The van der Waals surface area contributed by atoms with Gasteiger partial charge in [0, 0.05) is 78.9 Å². The normalized spacial score (nSPS) is 12.7. The number of benzene rings is 10. The third kappa shape index (κ3) is 4.18. The predicted molar refractivity (Wildman–Crippen MR) is 275 cm³/mol. The first-order chi connectivity index (χ1) is 31.7. The minimum absolute atomic E-state index is 0.670. The summed E-state index contributed by atoms with van der Waals surface area (Å²) in [5.41, 5.74) is 8.85. The second kappa shape index (κ2) is 12.0. The summed E-state index contributed by atoms with van der Waals surface area (Å²) in [6.07, 6.45) is 0. The van der Waals surface area contributed by atoms with Crippen LogP contribution in [0.2, 0.25) is 0 Å². The van der Waals surface area contributed by atoms with Crippen LogP contribution in [0.25, 0.3) is 150 Å². The Hall–Kier alpha value is -7.90. The molecule has 0 unspecified atom stereocenters. The third-order valence-electron chi connectivity index (χ3n) is 14.0. The standard InChI is InChI=1S/C58H30N4S2/c1-3-14-34-31(12-1)25-27-44-50(34)53(33-24-26-39-37-17-6-9-22-47(37)63-49(39)29-33)60-58(59-44)62-55-35-15-4-2-13-32(35)28-42-41-20-11-19-40-36-16-5-8-21-45(36)61(54(40)41)46-30-43-38-18-7-10-23-48(38)64-57(43)56(62)52(46)51(42)55/h1-30H. The molecule has 0 aliphatic carbocycles. The number of aromatic nitrogens is 4. The van der Waals surface area contributed by atoms with Crippen LogP contribution in [0, 0.1) is 0 Å². The molecule has 6 heteroatoms. The van der Waals surface area contributed by atoms with Crippen molar-refractivity contribution in [3.63, 3.8) is 0 Å². The number of thiophene rings is 2. The number of nitrogens with zero attached hydrogens (tertiary/aromatic N) is 4. The van der Waals surface area contributed by atoms with Crippen LogP contribution in [0.1, 0.15) is 0 Å². The van der Waals surface area contributed by atoms with Crippen LogP contribution in [0.3, 0.4) is 0 Å². The average molecular weight is 847 g/mol. The minimum atomic E-state index is 0.670. The van der Waals surface area contributed by atoms with Gasteiger partial charge in [0.05, 0.1) is 43.5 Å². The molecule has 0 amide bonds. The van der Waals surface area contributed by atoms with Crippen molar-refractivity contribution in [3.05, 3.63) is 182 Å². The monoisotopic (exact) mass is 846 g/mol. The van der Waals surface area contributed by atoms with Gasteiger partial charge in [0.1, 0.15) is 0 Å². The lowest BCUT2D eigenvalue weighted by atomic mass is 9.98. The Labute approximate surface area is 371 Å². The molecule has 16 aromatic rings. The van der Waals surface area contributed by atoms with Gasteiger partial charge in [-0.1, -0.05) is 140 Å². The molecule has 64 heavy (non-hydrogen) atoms. The molecule has 0 spiro atoms. The van der Waals surface area contributed by atoms with E-state index in [0.717, 1.165) is 38.6 Å². The van der Waals surface area contributed by atoms with E-state index in [9.17, 15) is 0 Å². The van der Waals surface area contributed by atoms with Crippen LogP contribution in [0.15, 0.2) is 182 Å². The van der Waals surface area contributed by atoms with Gasteiger partial charge in [0.15, 0.2) is 0 Å². The van der Waals surface area contributed by atoms with Crippen molar-refractivity contribution in [3.8, 4) is 17.2 Å². The van der Waals surface area contributed by atoms with Crippen LogP contribution in [0.5, 0.6) is 0 Å². The SMILES string of the molecule is c1ccc2c(c1)ccc1nc(-n3c4c5ccccc5cc5c6cccc7c8ccccc8n(c8cc9c%10ccccc%10sc9c3c8c54)c67)nc(-c3ccc4c(c3)sc3ccccc34)c12. The summed E-state index contributed by atoms with van der Waals surface area (Å²) in [6, 6.07) is 67.2. The van der Waals surface area contributed by atoms with Crippen LogP contribution in [-0.2, 0) is 0 Å². The first kappa shape index (κ1) is 33.7. The van der Waals surface area contributed by atoms with E-state index in [1.165, 1.54) is 105 Å². The molecule has 0 saturated carbocycles. The molecule has 0 bridgehead atoms. The van der Waals surface area contributed by atoms with Gasteiger partial charge in [-0.15, -0.1) is 22.7 Å². The van der Waals surface area contributed by atoms with Crippen molar-refractivity contribution < 1.29 is 0 Å². The number of hydrogen-bond donors (Lipinski definition) is 0. The Balaban J connectivity index is 1.17. The summed E-state index contributed by atoms with van der Waals surface area (Å²) >= 11 is 3.72. The average Bonchev–Trinajstić information content (AvgIpc) is 4.09. The van der Waals surface area contributed by atoms with Crippen LogP contribution >= 0.6 is 22.7 Å². The molecular formula is C58H30N4S2. The molecule has 4 nitrogen and oxygen atoms in total. The van der Waals surface area contributed by atoms with E-state index in [4.69, 9.17) is 9.97 Å². The van der Waals surface area contributed by atoms with Gasteiger partial charge in [0.2, 0.25) is 5.95 Å². The van der Waals surface area contributed by atoms with Crippen molar-refractivity contribution in [1.29, 1.82) is 0 Å². The first-order valence-corrected chi connectivity index (χ1v) is 23.4. The minimum Gasteiger partial charge on any atom is -0.308 e. The molecule has 6 aromatic heterocycles. The van der Waals surface area contributed by atoms with E-state index in [0.29, 0.717) is 5.95 Å². The molecule has 0 saturated heterocycles. The zero-order valence-corrected chi connectivity index (χ0v) is 35.6. The second-order valence-corrected chi connectivity index (χ2v) is 19.4. The molecule has 294 valence electrons. The lowest BCUT2D eigenvalue weighted by Gasteiger charge is -2.15. The van der Waals surface area contributed by atoms with E-state index in [-0.39, 0.29) is 0 Å². The summed E-state index contributed by atoms with van der Waals surface area (Å²) in [5.74, 6) is 0.670. The largest absolute Gasteiger partial charge is 0.308 e. The highest BCUT2D eigenvalue weighted by Crippen LogP contribution is 2.51. The molecule has 16 rings (SSSR count). The maximum Gasteiger partial charge on any atom is 0.235 e. The summed E-state index contributed by atoms with van der Waals surface area (Å²) in [5, 5.41) is 18.3. The molecule has 0 aliphatic heterocycles. The van der Waals surface area contributed by atoms with E-state index in [1.807, 2.05) is 22.7 Å². The molecule has 0 atom stereocenters. The summed E-state index contributed by atoms with van der Waals surface area (Å²) in [4.78, 5) is 11.6. The lowest BCUT2D eigenvalue weighted by molar-refractivity contribution is 1.02. The number of fused-ring (bicyclic) bond motifs is 17. The Morgan fingerprint density at radius 1 is 0.359 bits per heavy atom. The first-order valence-electron chi connectivity index (χ1n) is 21.7. The zero-order chi connectivity index (χ0) is 41.4. The van der Waals surface area contributed by atoms with Crippen LogP contribution < -0.4 is 0 Å². The quantitative estimate of drug-likeness (QED) is 0.163. The second-order valence-electron chi connectivity index (χ2n) is 17.2. The van der Waals surface area contributed by atoms with Gasteiger partial charge in [-0.05, 0) is 64.0 Å². The van der Waals surface area contributed by atoms with Gasteiger partial charge in [-0.2, -0.15) is 0 Å². The highest BCUT2D eigenvalue weighted by Gasteiger charge is 2.28. The Kier molecular flexibility index (Phi) is 6.30. The van der Waals surface area contributed by atoms with Crippen LogP contribution in [0.4, 0.5) is 0 Å². The molecular weight excluding hydrogens is 817 g/mol. The van der Waals surface area contributed by atoms with E-state index in [1.54, 1.807) is 0 Å². The van der Waals surface area contributed by atoms with Gasteiger partial charge >= 0.3 is 0 Å². The summed E-state index contributed by atoms with van der Waals surface area (Å²) in [7, 11) is 0. The highest BCUT2D eigenvalue weighted by molar-refractivity contribution is 7.27. The maximum atomic E-state index is 5.87. The van der Waals surface area contributed by atoms with Crippen molar-refractivity contribution in [2.45, 2.75) is 0 Å². The Morgan fingerprint density at radius 3 is 1.89 bits per heavy atom. The molecule has 0 aliphatic rings. The van der Waals surface area contributed by atoms with Gasteiger partial charge in [0.25, 0.3) is 0 Å². The summed E-state index contributed by atoms with van der Waals surface area (Å²) in [6.45, 7) is 0. The smallest absolute Gasteiger partial charge is 0.235 e. The number of hydrogen-bond acceptors (Lipinski definition) is 4. The fourth-order valence-electron chi connectivity index (χ4n) is 11.4. The van der Waals surface area contributed by atoms with Crippen molar-refractivity contribution in [2.75, 3.05) is 0 Å². The fourth-order valence-corrected chi connectivity index (χ4v) is 13.7. The van der Waals surface area contributed by atoms with Gasteiger partial charge in [-0.3, -0.25) is 4.57 Å². The zero-order valence-electron chi connectivity index (χ0n) is 33.9. The van der Waals surface area contributed by atoms with Crippen molar-refractivity contribution in [1.82, 2.24) is 18.9 Å². The molecule has 0 radical (unpaired) electrons. The van der Waals surface area contributed by atoms with E-state index >= 15 is 0 Å². The highest BCUT2D eigenvalue weighted by atomic mass is 32.1. The number of rotatable bonds is 2. The molecule has 6 heterocycles. The lowest BCUT2D eigenvalue weighted by Crippen LogP contribution is -2.04. The molecule has 0 N–H and O–H groups in total. The Morgan fingerprint density at radius 2 is 1.03 bits per heavy atom. The molecule has 0 fully saturated rings. The summed E-state index contributed by atoms with van der Waals surface area (Å²) < 4.78 is 10.1. The Bertz CT molecular complexity index is 4740. The van der Waals surface area contributed by atoms with Crippen molar-refractivity contribution in [2.24, 2.45) is 0 Å². The topological polar surface area (TPSA) is 35.1 Å². The van der Waals surface area contributed by atoms with E-state index in [2.05, 4.69) is 191 Å². The van der Waals surface area contributed by atoms with Crippen molar-refractivity contribution >= 4 is 155 Å². The predicted octanol–water partition coefficient (Wildman–Crippen LogP) is 16.6. The van der Waals surface area contributed by atoms with E-state index < -0.39 is 0 Å².